The summed E-state index contributed by atoms with van der Waals surface area (Å²) in [6.45, 7) is 3.65. The van der Waals surface area contributed by atoms with E-state index in [1.54, 1.807) is 7.11 Å². The van der Waals surface area contributed by atoms with E-state index < -0.39 is 0 Å². The zero-order valence-electron chi connectivity index (χ0n) is 5.02. The fraction of sp³-hybridized carbons (Fsp3) is 0.600. The SMILES string of the molecule is [CH2-]C(=O)CCOC.[Y]. The minimum Gasteiger partial charge on any atom is -0.384 e. The number of rotatable bonds is 3. The Morgan fingerprint density at radius 2 is 2.25 bits per heavy atom. The Morgan fingerprint density at radius 3 is 2.38 bits per heavy atom. The van der Waals surface area contributed by atoms with Gasteiger partial charge in [0.1, 0.15) is 0 Å². The molecule has 0 aromatic heterocycles. The molecular weight excluding hydrogens is 181 g/mol. The first kappa shape index (κ1) is 11.4. The van der Waals surface area contributed by atoms with Crippen molar-refractivity contribution in [3.05, 3.63) is 6.92 Å². The van der Waals surface area contributed by atoms with Gasteiger partial charge in [0, 0.05) is 46.2 Å². The summed E-state index contributed by atoms with van der Waals surface area (Å²) in [5.41, 5.74) is 0. The van der Waals surface area contributed by atoms with E-state index in [-0.39, 0.29) is 38.5 Å². The topological polar surface area (TPSA) is 26.3 Å². The van der Waals surface area contributed by atoms with E-state index in [1.807, 2.05) is 0 Å². The first-order valence-corrected chi connectivity index (χ1v) is 2.11. The Balaban J connectivity index is 0. The molecule has 0 atom stereocenters. The molecule has 0 heterocycles. The average Bonchev–Trinajstić information content (AvgIpc) is 1.61. The molecule has 0 N–H and O–H groups in total. The number of Topliss-reactive ketones (excluding diaryl/α,β-unsaturated/α-hetero) is 1. The van der Waals surface area contributed by atoms with E-state index in [1.165, 1.54) is 0 Å². The zero-order chi connectivity index (χ0) is 5.70. The van der Waals surface area contributed by atoms with Crippen molar-refractivity contribution in [2.24, 2.45) is 0 Å². The van der Waals surface area contributed by atoms with Crippen LogP contribution in [0.5, 0.6) is 0 Å². The van der Waals surface area contributed by atoms with Crippen molar-refractivity contribution < 1.29 is 42.2 Å². The van der Waals surface area contributed by atoms with Crippen molar-refractivity contribution in [1.29, 1.82) is 0 Å². The quantitative estimate of drug-likeness (QED) is 0.603. The normalized spacial score (nSPS) is 7.62. The van der Waals surface area contributed by atoms with Crippen LogP contribution in [0.2, 0.25) is 0 Å². The van der Waals surface area contributed by atoms with E-state index in [0.717, 1.165) is 0 Å². The average molecular weight is 190 g/mol. The van der Waals surface area contributed by atoms with Gasteiger partial charge in [0.25, 0.3) is 0 Å². The van der Waals surface area contributed by atoms with Gasteiger partial charge in [-0.15, -0.1) is 0 Å². The minimum atomic E-state index is -0.0677. The van der Waals surface area contributed by atoms with Crippen LogP contribution < -0.4 is 0 Å². The molecular formula is C5H9O2Y-. The Hall–Kier alpha value is 0.604. The van der Waals surface area contributed by atoms with Crippen molar-refractivity contribution in [3.63, 3.8) is 0 Å². The fourth-order valence-corrected chi connectivity index (χ4v) is 0.216. The van der Waals surface area contributed by atoms with Crippen molar-refractivity contribution in [2.75, 3.05) is 13.7 Å². The second-order valence-electron chi connectivity index (χ2n) is 1.28. The van der Waals surface area contributed by atoms with Crippen molar-refractivity contribution >= 4 is 5.78 Å². The Labute approximate surface area is 74.9 Å². The van der Waals surface area contributed by atoms with Gasteiger partial charge in [-0.3, -0.25) is 0 Å². The second kappa shape index (κ2) is 7.60. The first-order valence-electron chi connectivity index (χ1n) is 2.11. The third-order valence-electron chi connectivity index (χ3n) is 0.585. The van der Waals surface area contributed by atoms with E-state index in [4.69, 9.17) is 0 Å². The molecule has 0 amide bonds. The third-order valence-corrected chi connectivity index (χ3v) is 0.585. The van der Waals surface area contributed by atoms with Gasteiger partial charge in [-0.2, -0.15) is 0 Å². The molecule has 0 aliphatic rings. The van der Waals surface area contributed by atoms with Crippen LogP contribution in [0.1, 0.15) is 6.42 Å². The maximum absolute atomic E-state index is 10.0. The maximum Gasteiger partial charge on any atom is 0.0505 e. The molecule has 0 spiro atoms. The number of hydrogen-bond donors (Lipinski definition) is 0. The van der Waals surface area contributed by atoms with Crippen molar-refractivity contribution in [3.8, 4) is 0 Å². The van der Waals surface area contributed by atoms with Gasteiger partial charge in [-0.1, -0.05) is 0 Å². The van der Waals surface area contributed by atoms with Gasteiger partial charge in [0.15, 0.2) is 0 Å². The number of ketones is 1. The van der Waals surface area contributed by atoms with Gasteiger partial charge >= 0.3 is 0 Å². The van der Waals surface area contributed by atoms with Crippen LogP contribution in [0.25, 0.3) is 0 Å². The predicted molar refractivity (Wildman–Crippen MR) is 26.9 cm³/mol. The molecule has 0 aliphatic heterocycles. The van der Waals surface area contributed by atoms with Gasteiger partial charge in [0.05, 0.1) is 6.61 Å². The molecule has 0 rings (SSSR count). The number of ether oxygens (including phenoxy) is 1. The second-order valence-corrected chi connectivity index (χ2v) is 1.28. The molecule has 3 heteroatoms. The van der Waals surface area contributed by atoms with Crippen LogP contribution in [-0.4, -0.2) is 19.5 Å². The summed E-state index contributed by atoms with van der Waals surface area (Å²) in [6.07, 6.45) is 0.427. The molecule has 0 aliphatic carbocycles. The molecule has 8 heavy (non-hydrogen) atoms. The molecule has 0 bridgehead atoms. The summed E-state index contributed by atoms with van der Waals surface area (Å²) in [5.74, 6) is -0.0677. The largest absolute Gasteiger partial charge is 0.384 e. The standard InChI is InChI=1S/C5H9O2.Y/c1-5(6)3-4-7-2;/h1,3-4H2,2H3;/q-1;. The maximum atomic E-state index is 10.0. The summed E-state index contributed by atoms with van der Waals surface area (Å²) in [6, 6.07) is 0. The summed E-state index contributed by atoms with van der Waals surface area (Å²) < 4.78 is 4.59. The Morgan fingerprint density at radius 1 is 1.75 bits per heavy atom. The van der Waals surface area contributed by atoms with Gasteiger partial charge < -0.3 is 16.5 Å². The monoisotopic (exact) mass is 190 g/mol. The third kappa shape index (κ3) is 9.78. The van der Waals surface area contributed by atoms with Crippen LogP contribution in [-0.2, 0) is 42.2 Å². The van der Waals surface area contributed by atoms with E-state index in [0.29, 0.717) is 13.0 Å². The van der Waals surface area contributed by atoms with Crippen LogP contribution >= 0.6 is 0 Å². The van der Waals surface area contributed by atoms with E-state index in [9.17, 15) is 4.79 Å². The Kier molecular flexibility index (Phi) is 10.8. The fourth-order valence-electron chi connectivity index (χ4n) is 0.216. The van der Waals surface area contributed by atoms with E-state index in [2.05, 4.69) is 11.7 Å². The number of hydrogen-bond acceptors (Lipinski definition) is 2. The van der Waals surface area contributed by atoms with Gasteiger partial charge in [-0.05, 0) is 5.78 Å². The Bertz CT molecular complexity index is 63.4. The smallest absolute Gasteiger partial charge is 0.0505 e. The number of carbonyl (C=O) groups is 1. The first-order chi connectivity index (χ1) is 3.27. The van der Waals surface area contributed by atoms with Crippen LogP contribution in [0.3, 0.4) is 0 Å². The molecule has 45 valence electrons. The minimum absolute atomic E-state index is 0. The van der Waals surface area contributed by atoms with E-state index >= 15 is 0 Å². The number of carbonyl (C=O) groups excluding carboxylic acids is 1. The summed E-state index contributed by atoms with van der Waals surface area (Å²) in [4.78, 5) is 10.0. The van der Waals surface area contributed by atoms with Crippen LogP contribution in [0.4, 0.5) is 0 Å². The summed E-state index contributed by atoms with van der Waals surface area (Å²) in [5, 5.41) is 0. The molecule has 0 aromatic rings. The summed E-state index contributed by atoms with van der Waals surface area (Å²) in [7, 11) is 1.56. The van der Waals surface area contributed by atoms with Crippen LogP contribution in [0, 0.1) is 6.92 Å². The number of methoxy groups -OCH3 is 1. The molecule has 0 saturated carbocycles. The van der Waals surface area contributed by atoms with Crippen LogP contribution in [0.15, 0.2) is 0 Å². The van der Waals surface area contributed by atoms with Gasteiger partial charge in [-0.25, -0.2) is 0 Å². The molecule has 2 nitrogen and oxygen atoms in total. The molecule has 0 saturated heterocycles. The van der Waals surface area contributed by atoms with Crippen molar-refractivity contribution in [1.82, 2.24) is 0 Å². The molecule has 0 unspecified atom stereocenters. The molecule has 0 fully saturated rings. The van der Waals surface area contributed by atoms with Gasteiger partial charge in [0.2, 0.25) is 0 Å². The van der Waals surface area contributed by atoms with Crippen molar-refractivity contribution in [2.45, 2.75) is 6.42 Å². The zero-order valence-corrected chi connectivity index (χ0v) is 7.85. The molecule has 0 aromatic carbocycles. The summed E-state index contributed by atoms with van der Waals surface area (Å²) >= 11 is 0. The molecule has 1 radical (unpaired) electrons. The predicted octanol–water partition coefficient (Wildman–Crippen LogP) is 0.424.